The maximum absolute atomic E-state index is 13.6. The maximum Gasteiger partial charge on any atom is 0.146 e. The first-order valence-electron chi connectivity index (χ1n) is 7.86. The van der Waals surface area contributed by atoms with Crippen molar-refractivity contribution in [1.82, 2.24) is 10.4 Å². The van der Waals surface area contributed by atoms with Gasteiger partial charge in [-0.25, -0.2) is 4.39 Å². The van der Waals surface area contributed by atoms with Crippen LogP contribution in [-0.4, -0.2) is 4.98 Å². The number of aromatic nitrogens is 1. The minimum absolute atomic E-state index is 0.184. The van der Waals surface area contributed by atoms with Crippen LogP contribution in [0.15, 0.2) is 18.3 Å². The van der Waals surface area contributed by atoms with E-state index in [1.54, 1.807) is 12.3 Å². The van der Waals surface area contributed by atoms with Crippen molar-refractivity contribution in [2.24, 2.45) is 5.84 Å². The Bertz CT molecular complexity index is 357. The van der Waals surface area contributed by atoms with Gasteiger partial charge >= 0.3 is 0 Å². The van der Waals surface area contributed by atoms with Gasteiger partial charge in [-0.3, -0.25) is 16.3 Å². The first kappa shape index (κ1) is 17.1. The Kier molecular flexibility index (Phi) is 9.16. The van der Waals surface area contributed by atoms with Crippen LogP contribution in [0.4, 0.5) is 4.39 Å². The Morgan fingerprint density at radius 1 is 1.15 bits per heavy atom. The standard InChI is InChI=1S/C16H28FN3/c1-2-3-4-5-6-7-8-9-12-15(20-18)16-14(17)11-10-13-19-16/h10-11,13,15,20H,2-9,12,18H2,1H3. The van der Waals surface area contributed by atoms with E-state index < -0.39 is 0 Å². The van der Waals surface area contributed by atoms with Gasteiger partial charge in [0.15, 0.2) is 0 Å². The van der Waals surface area contributed by atoms with Gasteiger partial charge in [-0.15, -0.1) is 0 Å². The lowest BCUT2D eigenvalue weighted by Crippen LogP contribution is -2.29. The summed E-state index contributed by atoms with van der Waals surface area (Å²) in [5.74, 6) is 5.23. The summed E-state index contributed by atoms with van der Waals surface area (Å²) >= 11 is 0. The SMILES string of the molecule is CCCCCCCCCCC(NN)c1ncccc1F. The molecule has 0 saturated heterocycles. The predicted octanol–water partition coefficient (Wildman–Crippen LogP) is 4.26. The lowest BCUT2D eigenvalue weighted by molar-refractivity contribution is 0.445. The van der Waals surface area contributed by atoms with E-state index in [9.17, 15) is 4.39 Å². The predicted molar refractivity (Wildman–Crippen MR) is 81.5 cm³/mol. The molecule has 114 valence electrons. The topological polar surface area (TPSA) is 50.9 Å². The van der Waals surface area contributed by atoms with Crippen molar-refractivity contribution in [2.45, 2.75) is 70.8 Å². The summed E-state index contributed by atoms with van der Waals surface area (Å²) in [7, 11) is 0. The molecule has 0 saturated carbocycles. The minimum Gasteiger partial charge on any atom is -0.271 e. The molecule has 0 bridgehead atoms. The van der Waals surface area contributed by atoms with Gasteiger partial charge in [-0.1, -0.05) is 58.3 Å². The molecule has 3 nitrogen and oxygen atoms in total. The molecule has 0 amide bonds. The van der Waals surface area contributed by atoms with Crippen molar-refractivity contribution in [2.75, 3.05) is 0 Å². The number of nitrogens with zero attached hydrogens (tertiary/aromatic N) is 1. The van der Waals surface area contributed by atoms with E-state index in [-0.39, 0.29) is 11.9 Å². The molecule has 0 aliphatic heterocycles. The molecular weight excluding hydrogens is 253 g/mol. The fraction of sp³-hybridized carbons (Fsp3) is 0.688. The van der Waals surface area contributed by atoms with Crippen molar-refractivity contribution < 1.29 is 4.39 Å². The van der Waals surface area contributed by atoms with Crippen molar-refractivity contribution in [1.29, 1.82) is 0 Å². The third-order valence-electron chi connectivity index (χ3n) is 3.66. The summed E-state index contributed by atoms with van der Waals surface area (Å²) in [5, 5.41) is 0. The minimum atomic E-state index is -0.282. The highest BCUT2D eigenvalue weighted by Crippen LogP contribution is 2.20. The van der Waals surface area contributed by atoms with Crippen LogP contribution in [-0.2, 0) is 0 Å². The molecule has 0 aliphatic rings. The van der Waals surface area contributed by atoms with Crippen LogP contribution in [0.2, 0.25) is 0 Å². The Balaban J connectivity index is 2.18. The number of nitrogens with two attached hydrogens (primary N) is 1. The zero-order valence-corrected chi connectivity index (χ0v) is 12.6. The molecule has 3 N–H and O–H groups in total. The van der Waals surface area contributed by atoms with Crippen molar-refractivity contribution >= 4 is 0 Å². The summed E-state index contributed by atoms with van der Waals surface area (Å²) in [6.45, 7) is 2.23. The largest absolute Gasteiger partial charge is 0.271 e. The number of hydrazine groups is 1. The molecule has 1 rings (SSSR count). The second-order valence-electron chi connectivity index (χ2n) is 5.35. The van der Waals surface area contributed by atoms with Gasteiger partial charge < -0.3 is 0 Å². The number of unbranched alkanes of at least 4 members (excludes halogenated alkanes) is 7. The molecule has 1 heterocycles. The van der Waals surface area contributed by atoms with Crippen LogP contribution in [0.5, 0.6) is 0 Å². The van der Waals surface area contributed by atoms with Crippen molar-refractivity contribution in [3.63, 3.8) is 0 Å². The van der Waals surface area contributed by atoms with Crippen molar-refractivity contribution in [3.05, 3.63) is 29.8 Å². The first-order valence-corrected chi connectivity index (χ1v) is 7.86. The highest BCUT2D eigenvalue weighted by Gasteiger charge is 2.14. The molecule has 1 unspecified atom stereocenters. The van der Waals surface area contributed by atoms with Gasteiger partial charge in [-0.2, -0.15) is 0 Å². The van der Waals surface area contributed by atoms with E-state index in [0.29, 0.717) is 5.69 Å². The molecule has 0 spiro atoms. The Morgan fingerprint density at radius 3 is 2.40 bits per heavy atom. The molecule has 1 atom stereocenters. The summed E-state index contributed by atoms with van der Waals surface area (Å²) in [4.78, 5) is 4.08. The number of hydrogen-bond donors (Lipinski definition) is 2. The molecule has 1 aromatic heterocycles. The van der Waals surface area contributed by atoms with Crippen molar-refractivity contribution in [3.8, 4) is 0 Å². The number of hydrogen-bond acceptors (Lipinski definition) is 3. The lowest BCUT2D eigenvalue weighted by Gasteiger charge is -2.15. The van der Waals surface area contributed by atoms with E-state index >= 15 is 0 Å². The summed E-state index contributed by atoms with van der Waals surface area (Å²) in [5.41, 5.74) is 3.10. The van der Waals surface area contributed by atoms with Crippen LogP contribution in [0, 0.1) is 5.82 Å². The molecule has 1 aromatic rings. The second kappa shape index (κ2) is 10.7. The van der Waals surface area contributed by atoms with Crippen LogP contribution in [0.3, 0.4) is 0 Å². The average molecular weight is 281 g/mol. The third-order valence-corrected chi connectivity index (χ3v) is 3.66. The van der Waals surface area contributed by atoms with Gasteiger partial charge in [0, 0.05) is 6.20 Å². The van der Waals surface area contributed by atoms with Gasteiger partial charge in [0.1, 0.15) is 5.82 Å². The monoisotopic (exact) mass is 281 g/mol. The van der Waals surface area contributed by atoms with Crippen LogP contribution in [0.25, 0.3) is 0 Å². The fourth-order valence-electron chi connectivity index (χ4n) is 2.44. The number of pyridine rings is 1. The fourth-order valence-corrected chi connectivity index (χ4v) is 2.44. The Hall–Kier alpha value is -1.00. The lowest BCUT2D eigenvalue weighted by atomic mass is 10.0. The molecule has 20 heavy (non-hydrogen) atoms. The molecule has 0 aromatic carbocycles. The summed E-state index contributed by atoms with van der Waals surface area (Å²) in [6, 6.07) is 2.85. The summed E-state index contributed by atoms with van der Waals surface area (Å²) < 4.78 is 13.6. The average Bonchev–Trinajstić information content (AvgIpc) is 2.47. The molecular formula is C16H28FN3. The van der Waals surface area contributed by atoms with Gasteiger partial charge in [0.25, 0.3) is 0 Å². The van der Waals surface area contributed by atoms with E-state index in [0.717, 1.165) is 12.8 Å². The molecule has 0 fully saturated rings. The highest BCUT2D eigenvalue weighted by molar-refractivity contribution is 5.11. The third kappa shape index (κ3) is 6.44. The smallest absolute Gasteiger partial charge is 0.146 e. The van der Waals surface area contributed by atoms with Gasteiger partial charge in [0.05, 0.1) is 11.7 Å². The van der Waals surface area contributed by atoms with Gasteiger partial charge in [0.2, 0.25) is 0 Å². The second-order valence-corrected chi connectivity index (χ2v) is 5.35. The van der Waals surface area contributed by atoms with Crippen LogP contribution < -0.4 is 11.3 Å². The van der Waals surface area contributed by atoms with Crippen LogP contribution in [0.1, 0.15) is 76.4 Å². The van der Waals surface area contributed by atoms with Gasteiger partial charge in [-0.05, 0) is 18.6 Å². The highest BCUT2D eigenvalue weighted by atomic mass is 19.1. The normalized spacial score (nSPS) is 12.6. The number of rotatable bonds is 11. The Labute approximate surface area is 122 Å². The van der Waals surface area contributed by atoms with Crippen LogP contribution >= 0.6 is 0 Å². The molecule has 0 aliphatic carbocycles. The molecule has 4 heteroatoms. The van der Waals surface area contributed by atoms with E-state index in [1.807, 2.05) is 0 Å². The van der Waals surface area contributed by atoms with E-state index in [2.05, 4.69) is 17.3 Å². The quantitative estimate of drug-likeness (QED) is 0.362. The number of halogens is 1. The van der Waals surface area contributed by atoms with E-state index in [1.165, 1.54) is 51.0 Å². The number of nitrogens with one attached hydrogen (secondary N) is 1. The Morgan fingerprint density at radius 2 is 1.80 bits per heavy atom. The molecule has 0 radical (unpaired) electrons. The zero-order valence-electron chi connectivity index (χ0n) is 12.6. The first-order chi connectivity index (χ1) is 9.79. The summed E-state index contributed by atoms with van der Waals surface area (Å²) in [6.07, 6.45) is 12.6. The van der Waals surface area contributed by atoms with E-state index in [4.69, 9.17) is 5.84 Å². The zero-order chi connectivity index (χ0) is 14.6. The maximum atomic E-state index is 13.6.